The van der Waals surface area contributed by atoms with Gasteiger partial charge in [0.25, 0.3) is 0 Å². The van der Waals surface area contributed by atoms with Gasteiger partial charge in [-0.1, -0.05) is 0 Å². The number of hydrogen-bond acceptors (Lipinski definition) is 0. The molecule has 0 aromatic carbocycles. The zero-order chi connectivity index (χ0) is 3.58. The Labute approximate surface area is 53.0 Å². The molecule has 0 aliphatic heterocycles. The average molecular weight is 272 g/mol. The van der Waals surface area contributed by atoms with Gasteiger partial charge in [0.2, 0.25) is 0 Å². The van der Waals surface area contributed by atoms with E-state index in [0.29, 0.717) is 0 Å². The first-order valence-electron chi connectivity index (χ1n) is 1.50. The Kier molecular flexibility index (Phi) is 24.3. The maximum atomic E-state index is 2.08. The van der Waals surface area contributed by atoms with Crippen LogP contribution in [0, 0.1) is 5.92 Å². The van der Waals surface area contributed by atoms with E-state index in [4.69, 9.17) is 0 Å². The van der Waals surface area contributed by atoms with Gasteiger partial charge in [-0.05, 0) is 0 Å². The Balaban J connectivity index is -0.0000000450. The molecule has 2 heteroatoms. The Morgan fingerprint density at radius 1 is 1.00 bits per heavy atom. The Morgan fingerprint density at radius 2 is 1.00 bits per heavy atom. The summed E-state index contributed by atoms with van der Waals surface area (Å²) in [6.07, 6.45) is 0. The monoisotopic (exact) mass is 272 g/mol. The summed E-state index contributed by atoms with van der Waals surface area (Å²) < 4.78 is 0. The molecule has 0 fully saturated rings. The molecule has 0 nitrogen and oxygen atoms in total. The van der Waals surface area contributed by atoms with E-state index in [1.54, 1.807) is 0 Å². The largest absolute Gasteiger partial charge is 0.323 e. The molecule has 0 aliphatic rings. The van der Waals surface area contributed by atoms with Gasteiger partial charge in [-0.2, -0.15) is 20.8 Å². The van der Waals surface area contributed by atoms with E-state index in [0.717, 1.165) is 0 Å². The molecule has 0 aromatic heterocycles. The third-order valence-electron chi connectivity index (χ3n) is 0. The van der Waals surface area contributed by atoms with E-state index in [2.05, 4.69) is 20.8 Å². The van der Waals surface area contributed by atoms with Crippen molar-refractivity contribution >= 4 is 0 Å². The quantitative estimate of drug-likeness (QED) is 0.590. The average Bonchev–Trinajstić information content (AvgIpc) is 0.811. The smallest absolute Gasteiger partial charge is 0 e. The van der Waals surface area contributed by atoms with Crippen molar-refractivity contribution < 1.29 is 25.8 Å². The number of rotatable bonds is 0. The molecule has 0 N–H and O–H groups in total. The van der Waals surface area contributed by atoms with Crippen LogP contribution in [0.5, 0.6) is 0 Å². The van der Waals surface area contributed by atoms with Crippen molar-refractivity contribution in [3.05, 3.63) is 5.92 Å². The first-order chi connectivity index (χ1) is 1.73. The fourth-order valence-corrected chi connectivity index (χ4v) is 0. The summed E-state index contributed by atoms with van der Waals surface area (Å²) in [5.74, 6) is 1.42. The van der Waals surface area contributed by atoms with Gasteiger partial charge in [0, 0.05) is 21.1 Å². The molecule has 0 unspecified atom stereocenters. The van der Waals surface area contributed by atoms with Crippen LogP contribution in [0.3, 0.4) is 0 Å². The van der Waals surface area contributed by atoms with Crippen LogP contribution in [0.25, 0.3) is 0 Å². The predicted molar refractivity (Wildman–Crippen MR) is 22.8 cm³/mol. The summed E-state index contributed by atoms with van der Waals surface area (Å²) in [6.45, 7) is 6.25. The molecule has 0 spiro atoms. The second-order valence-corrected chi connectivity index (χ2v) is 1.50. The molecule has 0 rings (SSSR count). The molecule has 0 bridgehead atoms. The van der Waals surface area contributed by atoms with Crippen LogP contribution in [0.4, 0.5) is 4.70 Å². The Hall–Kier alpha value is 0.618. The summed E-state index contributed by atoms with van der Waals surface area (Å²) in [6, 6.07) is 0. The third kappa shape index (κ3) is 158. The molecule has 0 saturated carbocycles. The molecule has 0 atom stereocenters. The Bertz CT molecular complexity index is 12.3. The van der Waals surface area contributed by atoms with E-state index in [-0.39, 0.29) is 25.8 Å². The van der Waals surface area contributed by atoms with Crippen LogP contribution in [-0.4, -0.2) is 0 Å². The third-order valence-corrected chi connectivity index (χ3v) is 0. The summed E-state index contributed by atoms with van der Waals surface area (Å²) in [5.41, 5.74) is 0. The fourth-order valence-electron chi connectivity index (χ4n) is 0. The standard InChI is InChI=1S/C4H9.FH.Pt/c1-4(2)3;;/h1-3H3;1H;/q-1;;. The molecule has 6 heavy (non-hydrogen) atoms. The molecule has 0 heterocycles. The van der Waals surface area contributed by atoms with Crippen molar-refractivity contribution in [3.63, 3.8) is 0 Å². The van der Waals surface area contributed by atoms with Crippen LogP contribution in [0.15, 0.2) is 0 Å². The zero-order valence-electron chi connectivity index (χ0n) is 4.22. The summed E-state index contributed by atoms with van der Waals surface area (Å²) >= 11 is 0. The zero-order valence-corrected chi connectivity index (χ0v) is 6.50. The SMILES string of the molecule is C[C-](C)C.F.[Pt]. The number of hydrogen-bond donors (Lipinski definition) is 0. The van der Waals surface area contributed by atoms with Gasteiger partial charge in [-0.25, -0.2) is 0 Å². The summed E-state index contributed by atoms with van der Waals surface area (Å²) in [5, 5.41) is 0. The van der Waals surface area contributed by atoms with Crippen molar-refractivity contribution in [3.8, 4) is 0 Å². The second kappa shape index (κ2) is 9.15. The minimum Gasteiger partial charge on any atom is -0.323 e. The van der Waals surface area contributed by atoms with Crippen LogP contribution >= 0.6 is 0 Å². The van der Waals surface area contributed by atoms with Gasteiger partial charge in [-0.15, -0.1) is 0 Å². The van der Waals surface area contributed by atoms with Crippen LogP contribution in [0.1, 0.15) is 20.8 Å². The number of halogens is 1. The van der Waals surface area contributed by atoms with Crippen molar-refractivity contribution in [2.24, 2.45) is 0 Å². The molecule has 0 aromatic rings. The van der Waals surface area contributed by atoms with E-state index >= 15 is 0 Å². The van der Waals surface area contributed by atoms with Crippen molar-refractivity contribution in [2.45, 2.75) is 20.8 Å². The van der Waals surface area contributed by atoms with Crippen molar-refractivity contribution in [1.29, 1.82) is 0 Å². The van der Waals surface area contributed by atoms with E-state index in [1.807, 2.05) is 0 Å². The van der Waals surface area contributed by atoms with E-state index in [1.165, 1.54) is 5.92 Å². The van der Waals surface area contributed by atoms with Crippen molar-refractivity contribution in [2.75, 3.05) is 0 Å². The molecule has 44 valence electrons. The van der Waals surface area contributed by atoms with Gasteiger partial charge in [-0.3, -0.25) is 4.70 Å². The Morgan fingerprint density at radius 3 is 1.00 bits per heavy atom. The first kappa shape index (κ1) is 16.0. The van der Waals surface area contributed by atoms with Gasteiger partial charge in [0.05, 0.1) is 0 Å². The molecular weight excluding hydrogens is 262 g/mol. The van der Waals surface area contributed by atoms with Crippen molar-refractivity contribution in [1.82, 2.24) is 0 Å². The normalized spacial score (nSPS) is 6.00. The van der Waals surface area contributed by atoms with E-state index in [9.17, 15) is 0 Å². The minimum atomic E-state index is 0. The van der Waals surface area contributed by atoms with Crippen LogP contribution in [0.2, 0.25) is 0 Å². The second-order valence-electron chi connectivity index (χ2n) is 1.50. The molecule has 0 saturated heterocycles. The molecule has 0 amide bonds. The molecule has 0 radical (unpaired) electrons. The van der Waals surface area contributed by atoms with E-state index < -0.39 is 0 Å². The predicted octanol–water partition coefficient (Wildman–Crippen LogP) is 1.77. The maximum Gasteiger partial charge on any atom is 0 e. The summed E-state index contributed by atoms with van der Waals surface area (Å²) in [4.78, 5) is 0. The summed E-state index contributed by atoms with van der Waals surface area (Å²) in [7, 11) is 0. The maximum absolute atomic E-state index is 2.08. The van der Waals surface area contributed by atoms with Gasteiger partial charge >= 0.3 is 0 Å². The van der Waals surface area contributed by atoms with Crippen LogP contribution in [-0.2, 0) is 21.1 Å². The topological polar surface area (TPSA) is 0 Å². The van der Waals surface area contributed by atoms with Crippen LogP contribution < -0.4 is 0 Å². The van der Waals surface area contributed by atoms with Gasteiger partial charge in [0.15, 0.2) is 0 Å². The fraction of sp³-hybridized carbons (Fsp3) is 0.750. The minimum absolute atomic E-state index is 0. The first-order valence-corrected chi connectivity index (χ1v) is 1.50. The van der Waals surface area contributed by atoms with Gasteiger partial charge < -0.3 is 5.92 Å². The molecule has 0 aliphatic carbocycles. The molecular formula is C4H10FPt-. The van der Waals surface area contributed by atoms with Gasteiger partial charge in [0.1, 0.15) is 0 Å².